The van der Waals surface area contributed by atoms with Crippen molar-refractivity contribution in [3.05, 3.63) is 0 Å². The first-order valence-corrected chi connectivity index (χ1v) is 14.0. The van der Waals surface area contributed by atoms with Crippen molar-refractivity contribution >= 4 is 17.9 Å². The van der Waals surface area contributed by atoms with Crippen LogP contribution in [-0.2, 0) is 71.2 Å². The van der Waals surface area contributed by atoms with Gasteiger partial charge in [-0.3, -0.25) is 14.4 Å². The average Bonchev–Trinajstić information content (AvgIpc) is 3.77. The summed E-state index contributed by atoms with van der Waals surface area (Å²) < 4.78 is 63.6. The highest BCUT2D eigenvalue weighted by Gasteiger charge is 2.51. The van der Waals surface area contributed by atoms with Crippen LogP contribution in [-0.4, -0.2) is 152 Å². The number of hydrogen-bond acceptors (Lipinski definition) is 15. The van der Waals surface area contributed by atoms with Crippen LogP contribution in [0.25, 0.3) is 0 Å². The minimum absolute atomic E-state index is 0.0411. The Bertz CT molecular complexity index is 802. The van der Waals surface area contributed by atoms with Gasteiger partial charge in [0.15, 0.2) is 18.3 Å². The molecule has 0 amide bonds. The first-order valence-electron chi connectivity index (χ1n) is 14.0. The number of carbonyl (C=O) groups excluding carboxylic acids is 3. The molecule has 0 aromatic heterocycles. The Balaban J connectivity index is 0.000000145. The molecule has 0 spiro atoms. The molecule has 12 atom stereocenters. The molecule has 42 heavy (non-hydrogen) atoms. The van der Waals surface area contributed by atoms with Crippen molar-refractivity contribution in [1.29, 1.82) is 0 Å². The summed E-state index contributed by atoms with van der Waals surface area (Å²) in [4.78, 5) is 32.3. The van der Waals surface area contributed by atoms with Crippen LogP contribution in [0.4, 0.5) is 0 Å². The largest absolute Gasteiger partial charge is 0.457 e. The van der Waals surface area contributed by atoms with Gasteiger partial charge in [0.25, 0.3) is 0 Å². The van der Waals surface area contributed by atoms with Gasteiger partial charge in [-0.05, 0) is 0 Å². The highest BCUT2D eigenvalue weighted by molar-refractivity contribution is 5.67. The second-order valence-electron chi connectivity index (χ2n) is 10.6. The van der Waals surface area contributed by atoms with Gasteiger partial charge in [-0.25, -0.2) is 0 Å². The molecule has 0 radical (unpaired) electrons. The van der Waals surface area contributed by atoms with E-state index in [1.165, 1.54) is 20.8 Å². The van der Waals surface area contributed by atoms with Gasteiger partial charge in [0.05, 0.1) is 39.6 Å². The molecule has 6 fully saturated rings. The molecule has 15 nitrogen and oxygen atoms in total. The number of esters is 3. The Hall–Kier alpha value is -1.95. The Labute approximate surface area is 244 Å². The fourth-order valence-corrected chi connectivity index (χ4v) is 5.84. The lowest BCUT2D eigenvalue weighted by Crippen LogP contribution is -2.34. The van der Waals surface area contributed by atoms with Crippen molar-refractivity contribution in [3.63, 3.8) is 0 Å². The molecule has 0 aromatic carbocycles. The molecule has 0 unspecified atom stereocenters. The van der Waals surface area contributed by atoms with E-state index in [1.54, 1.807) is 21.3 Å². The van der Waals surface area contributed by atoms with Gasteiger partial charge < -0.3 is 56.8 Å². The summed E-state index contributed by atoms with van der Waals surface area (Å²) in [6.07, 6.45) is -1.73. The molecule has 0 N–H and O–H groups in total. The van der Waals surface area contributed by atoms with Gasteiger partial charge in [0, 0.05) is 42.1 Å². The number of hydrogen-bond donors (Lipinski definition) is 0. The van der Waals surface area contributed by atoms with E-state index in [1.807, 2.05) is 0 Å². The zero-order valence-corrected chi connectivity index (χ0v) is 24.8. The third-order valence-corrected chi connectivity index (χ3v) is 7.75. The zero-order chi connectivity index (χ0) is 30.4. The van der Waals surface area contributed by atoms with Crippen molar-refractivity contribution in [2.45, 2.75) is 94.0 Å². The molecular formula is C27H42O15. The summed E-state index contributed by atoms with van der Waals surface area (Å²) in [5, 5.41) is 0. The summed E-state index contributed by atoms with van der Waals surface area (Å²) in [5.41, 5.74) is 0. The molecule has 240 valence electrons. The fourth-order valence-electron chi connectivity index (χ4n) is 5.84. The lowest BCUT2D eigenvalue weighted by molar-refractivity contribution is -0.151. The third kappa shape index (κ3) is 7.76. The topological polar surface area (TPSA) is 162 Å². The molecule has 6 aliphatic heterocycles. The average molecular weight is 607 g/mol. The smallest absolute Gasteiger partial charge is 0.303 e. The molecule has 0 saturated carbocycles. The van der Waals surface area contributed by atoms with Crippen LogP contribution in [0.2, 0.25) is 0 Å². The molecule has 6 rings (SSSR count). The van der Waals surface area contributed by atoms with E-state index < -0.39 is 0 Å². The van der Waals surface area contributed by atoms with Crippen molar-refractivity contribution in [2.24, 2.45) is 0 Å². The van der Waals surface area contributed by atoms with E-state index in [-0.39, 0.29) is 91.2 Å². The minimum atomic E-state index is -0.302. The number of fused-ring (bicyclic) bond motifs is 3. The van der Waals surface area contributed by atoms with Crippen molar-refractivity contribution in [2.75, 3.05) is 61.0 Å². The predicted molar refractivity (Wildman–Crippen MR) is 137 cm³/mol. The Kier molecular flexibility index (Phi) is 11.9. The fraction of sp³-hybridized carbons (Fsp3) is 0.889. The first-order chi connectivity index (χ1) is 20.2. The maximum Gasteiger partial charge on any atom is 0.303 e. The number of ether oxygens (including phenoxy) is 12. The molecular weight excluding hydrogens is 564 g/mol. The maximum atomic E-state index is 10.8. The van der Waals surface area contributed by atoms with Crippen molar-refractivity contribution in [1.82, 2.24) is 0 Å². The van der Waals surface area contributed by atoms with Gasteiger partial charge in [-0.15, -0.1) is 0 Å². The summed E-state index contributed by atoms with van der Waals surface area (Å²) in [6.45, 7) is 6.86. The van der Waals surface area contributed by atoms with Gasteiger partial charge in [0.2, 0.25) is 0 Å². The van der Waals surface area contributed by atoms with E-state index in [2.05, 4.69) is 0 Å². The molecule has 15 heteroatoms. The third-order valence-electron chi connectivity index (χ3n) is 7.75. The molecule has 6 heterocycles. The molecule has 0 aliphatic carbocycles. The van der Waals surface area contributed by atoms with Crippen molar-refractivity contribution in [3.8, 4) is 0 Å². The van der Waals surface area contributed by atoms with E-state index in [4.69, 9.17) is 56.8 Å². The van der Waals surface area contributed by atoms with Gasteiger partial charge in [-0.2, -0.15) is 0 Å². The lowest BCUT2D eigenvalue weighted by Gasteiger charge is -2.15. The molecule has 0 bridgehead atoms. The predicted octanol–water partition coefficient (Wildman–Crippen LogP) is -0.808. The quantitative estimate of drug-likeness (QED) is 0.272. The van der Waals surface area contributed by atoms with E-state index in [0.29, 0.717) is 39.6 Å². The van der Waals surface area contributed by atoms with E-state index >= 15 is 0 Å². The van der Waals surface area contributed by atoms with Crippen molar-refractivity contribution < 1.29 is 71.2 Å². The zero-order valence-electron chi connectivity index (χ0n) is 24.8. The highest BCUT2D eigenvalue weighted by Crippen LogP contribution is 2.32. The Morgan fingerprint density at radius 1 is 0.405 bits per heavy atom. The van der Waals surface area contributed by atoms with Crippen LogP contribution in [0, 0.1) is 0 Å². The molecule has 0 aromatic rings. The van der Waals surface area contributed by atoms with Crippen LogP contribution >= 0.6 is 0 Å². The normalized spacial score (nSPS) is 41.0. The summed E-state index contributed by atoms with van der Waals surface area (Å²) in [5.74, 6) is -0.906. The number of methoxy groups -OCH3 is 3. The van der Waals surface area contributed by atoms with Gasteiger partial charge in [0.1, 0.15) is 54.9 Å². The van der Waals surface area contributed by atoms with E-state index in [0.717, 1.165) is 0 Å². The summed E-state index contributed by atoms with van der Waals surface area (Å²) in [6, 6.07) is 0. The Morgan fingerprint density at radius 3 is 0.786 bits per heavy atom. The monoisotopic (exact) mass is 606 g/mol. The number of carbonyl (C=O) groups is 3. The Morgan fingerprint density at radius 2 is 0.595 bits per heavy atom. The first kappa shape index (κ1) is 33.0. The molecule has 6 saturated heterocycles. The lowest BCUT2D eigenvalue weighted by atomic mass is 10.1. The van der Waals surface area contributed by atoms with Crippen LogP contribution in [0.1, 0.15) is 20.8 Å². The second kappa shape index (κ2) is 15.2. The molecule has 6 aliphatic rings. The van der Waals surface area contributed by atoms with Crippen LogP contribution in [0.15, 0.2) is 0 Å². The van der Waals surface area contributed by atoms with Crippen LogP contribution in [0.5, 0.6) is 0 Å². The minimum Gasteiger partial charge on any atom is -0.457 e. The summed E-state index contributed by atoms with van der Waals surface area (Å²) in [7, 11) is 4.87. The van der Waals surface area contributed by atoms with E-state index in [9.17, 15) is 14.4 Å². The maximum absolute atomic E-state index is 10.8. The number of rotatable bonds is 6. The van der Waals surface area contributed by atoms with Gasteiger partial charge in [-0.1, -0.05) is 0 Å². The highest BCUT2D eigenvalue weighted by atomic mass is 16.7. The van der Waals surface area contributed by atoms with Crippen LogP contribution < -0.4 is 0 Å². The van der Waals surface area contributed by atoms with Gasteiger partial charge >= 0.3 is 17.9 Å². The second-order valence-corrected chi connectivity index (χ2v) is 10.6. The summed E-state index contributed by atoms with van der Waals surface area (Å²) >= 11 is 0. The van der Waals surface area contributed by atoms with Crippen LogP contribution in [0.3, 0.4) is 0 Å². The SMILES string of the molecule is CO[C@@H]1CO[C@H]2[C@@H]1OC[C@H]2OC(C)=O.CO[C@H]1CO[C@H]2[C@@H]1OC[C@@H]2OC(C)=O.CO[C@H]1CO[C@H]2[C@@H]1OC[C@H]2OC(C)=O. The standard InChI is InChI=1S/3C9H14O5/c3*1-5(10)14-7-4-13-8-6(11-2)3-12-9(7)8/h3*6-9H,3-4H2,1-2H3/t6-,7+,8+,9+;6-,7-,8+,9+;6-,7-,8-,9-/m001/s1.